The summed E-state index contributed by atoms with van der Waals surface area (Å²) >= 11 is 5.75. The summed E-state index contributed by atoms with van der Waals surface area (Å²) in [5, 5.41) is 5.84. The molecule has 0 saturated carbocycles. The molecular weight excluding hydrogens is 295 g/mol. The van der Waals surface area contributed by atoms with E-state index in [0.717, 1.165) is 0 Å². The molecule has 2 aromatic rings. The van der Waals surface area contributed by atoms with E-state index < -0.39 is 5.82 Å². The Morgan fingerprint density at radius 2 is 1.86 bits per heavy atom. The lowest BCUT2D eigenvalue weighted by molar-refractivity contribution is 0.246. The van der Waals surface area contributed by atoms with Crippen molar-refractivity contribution in [3.05, 3.63) is 59.4 Å². The highest BCUT2D eigenvalue weighted by Crippen LogP contribution is 2.15. The van der Waals surface area contributed by atoms with Gasteiger partial charge in [-0.2, -0.15) is 0 Å². The molecule has 0 unspecified atom stereocenters. The van der Waals surface area contributed by atoms with Crippen molar-refractivity contribution in [3.63, 3.8) is 0 Å². The molecule has 0 spiro atoms. The fourth-order valence-electron chi connectivity index (χ4n) is 1.60. The lowest BCUT2D eigenvalue weighted by Gasteiger charge is -2.09. The Kier molecular flexibility index (Phi) is 5.40. The molecule has 2 amide bonds. The number of amides is 2. The van der Waals surface area contributed by atoms with Crippen molar-refractivity contribution in [1.29, 1.82) is 0 Å². The number of nitrogens with one attached hydrogen (secondary N) is 2. The summed E-state index contributed by atoms with van der Waals surface area (Å²) in [5.74, 6) is -0.263. The molecule has 0 atom stereocenters. The van der Waals surface area contributed by atoms with Crippen molar-refractivity contribution in [3.8, 4) is 5.75 Å². The highest BCUT2D eigenvalue weighted by molar-refractivity contribution is 6.30. The predicted molar refractivity (Wildman–Crippen MR) is 80.4 cm³/mol. The van der Waals surface area contributed by atoms with Crippen LogP contribution >= 0.6 is 11.6 Å². The van der Waals surface area contributed by atoms with Gasteiger partial charge >= 0.3 is 6.03 Å². The molecule has 0 fully saturated rings. The molecule has 0 aromatic heterocycles. The number of carbonyl (C=O) groups excluding carboxylic acids is 1. The molecule has 4 nitrogen and oxygen atoms in total. The van der Waals surface area contributed by atoms with Crippen molar-refractivity contribution in [2.24, 2.45) is 0 Å². The second kappa shape index (κ2) is 7.50. The molecule has 110 valence electrons. The van der Waals surface area contributed by atoms with Gasteiger partial charge in [0.05, 0.1) is 6.54 Å². The third kappa shape index (κ3) is 4.96. The number of ether oxygens (including phenoxy) is 1. The van der Waals surface area contributed by atoms with Crippen LogP contribution in [0.25, 0.3) is 0 Å². The summed E-state index contributed by atoms with van der Waals surface area (Å²) < 4.78 is 18.5. The molecule has 2 N–H and O–H groups in total. The number of para-hydroxylation sites is 1. The van der Waals surface area contributed by atoms with Crippen LogP contribution in [0.4, 0.5) is 14.9 Å². The van der Waals surface area contributed by atoms with Gasteiger partial charge in [0, 0.05) is 10.7 Å². The van der Waals surface area contributed by atoms with E-state index >= 15 is 0 Å². The van der Waals surface area contributed by atoms with Gasteiger partial charge in [-0.05, 0) is 36.4 Å². The Morgan fingerprint density at radius 1 is 1.14 bits per heavy atom. The van der Waals surface area contributed by atoms with E-state index in [1.165, 1.54) is 12.1 Å². The quantitative estimate of drug-likeness (QED) is 0.828. The molecule has 21 heavy (non-hydrogen) atoms. The molecule has 0 heterocycles. The van der Waals surface area contributed by atoms with E-state index in [-0.39, 0.29) is 24.9 Å². The second-order valence-electron chi connectivity index (χ2n) is 4.17. The lowest BCUT2D eigenvalue weighted by atomic mass is 10.3. The zero-order valence-corrected chi connectivity index (χ0v) is 11.9. The van der Waals surface area contributed by atoms with Gasteiger partial charge in [-0.15, -0.1) is 0 Å². The van der Waals surface area contributed by atoms with Gasteiger partial charge in [-0.3, -0.25) is 0 Å². The Morgan fingerprint density at radius 3 is 2.57 bits per heavy atom. The number of carbonyl (C=O) groups is 1. The van der Waals surface area contributed by atoms with Crippen LogP contribution in [0.3, 0.4) is 0 Å². The number of hydrogen-bond acceptors (Lipinski definition) is 2. The van der Waals surface area contributed by atoms with Crippen LogP contribution < -0.4 is 15.4 Å². The van der Waals surface area contributed by atoms with Gasteiger partial charge in [0.2, 0.25) is 0 Å². The van der Waals surface area contributed by atoms with Crippen molar-refractivity contribution in [2.45, 2.75) is 0 Å². The summed E-state index contributed by atoms with van der Waals surface area (Å²) in [4.78, 5) is 11.6. The SMILES string of the molecule is O=C(NCCOc1ccccc1F)Nc1ccc(Cl)cc1. The minimum Gasteiger partial charge on any atom is -0.489 e. The Labute approximate surface area is 126 Å². The van der Waals surface area contributed by atoms with Crippen LogP contribution in [0.1, 0.15) is 0 Å². The molecule has 0 saturated heterocycles. The first-order chi connectivity index (χ1) is 10.1. The van der Waals surface area contributed by atoms with Gasteiger partial charge < -0.3 is 15.4 Å². The minimum atomic E-state index is -0.428. The van der Waals surface area contributed by atoms with Gasteiger partial charge in [0.15, 0.2) is 11.6 Å². The van der Waals surface area contributed by atoms with Gasteiger partial charge in [0.25, 0.3) is 0 Å². The van der Waals surface area contributed by atoms with E-state index in [9.17, 15) is 9.18 Å². The standard InChI is InChI=1S/C15H14ClFN2O2/c16-11-5-7-12(8-6-11)19-15(20)18-9-10-21-14-4-2-1-3-13(14)17/h1-8H,9-10H2,(H2,18,19,20). The summed E-state index contributed by atoms with van der Waals surface area (Å²) in [5.41, 5.74) is 0.631. The molecule has 0 aliphatic carbocycles. The second-order valence-corrected chi connectivity index (χ2v) is 4.60. The first-order valence-corrected chi connectivity index (χ1v) is 6.71. The first kappa shape index (κ1) is 15.1. The first-order valence-electron chi connectivity index (χ1n) is 6.33. The molecule has 0 aliphatic rings. The third-order valence-corrected chi connectivity index (χ3v) is 2.84. The monoisotopic (exact) mass is 308 g/mol. The van der Waals surface area contributed by atoms with Crippen molar-refractivity contribution < 1.29 is 13.9 Å². The number of benzene rings is 2. The van der Waals surface area contributed by atoms with Gasteiger partial charge in [0.1, 0.15) is 6.61 Å². The lowest BCUT2D eigenvalue weighted by Crippen LogP contribution is -2.32. The zero-order valence-electron chi connectivity index (χ0n) is 11.1. The number of hydrogen-bond donors (Lipinski definition) is 2. The molecular formula is C15H14ClFN2O2. The van der Waals surface area contributed by atoms with Gasteiger partial charge in [-0.1, -0.05) is 23.7 Å². The van der Waals surface area contributed by atoms with Crippen LogP contribution in [-0.4, -0.2) is 19.2 Å². The number of halogens is 2. The number of anilines is 1. The fraction of sp³-hybridized carbons (Fsp3) is 0.133. The summed E-state index contributed by atoms with van der Waals surface area (Å²) in [6.45, 7) is 0.433. The van der Waals surface area contributed by atoms with E-state index in [1.807, 2.05) is 0 Å². The largest absolute Gasteiger partial charge is 0.489 e. The van der Waals surface area contributed by atoms with Crippen LogP contribution in [0.5, 0.6) is 5.75 Å². The van der Waals surface area contributed by atoms with Crippen LogP contribution in [0.15, 0.2) is 48.5 Å². The third-order valence-electron chi connectivity index (χ3n) is 2.58. The number of urea groups is 1. The normalized spacial score (nSPS) is 10.0. The predicted octanol–water partition coefficient (Wildman–Crippen LogP) is 3.68. The average Bonchev–Trinajstić information content (AvgIpc) is 2.48. The maximum absolute atomic E-state index is 13.3. The zero-order chi connectivity index (χ0) is 15.1. The Balaban J connectivity index is 1.70. The van der Waals surface area contributed by atoms with Crippen LogP contribution in [0.2, 0.25) is 5.02 Å². The van der Waals surface area contributed by atoms with E-state index in [1.54, 1.807) is 36.4 Å². The molecule has 0 aliphatic heterocycles. The van der Waals surface area contributed by atoms with Gasteiger partial charge in [-0.25, -0.2) is 9.18 Å². The van der Waals surface area contributed by atoms with Crippen LogP contribution in [0, 0.1) is 5.82 Å². The molecule has 0 radical (unpaired) electrons. The Bertz CT molecular complexity index is 605. The smallest absolute Gasteiger partial charge is 0.319 e. The molecule has 2 aromatic carbocycles. The fourth-order valence-corrected chi connectivity index (χ4v) is 1.72. The summed E-state index contributed by atoms with van der Waals surface area (Å²) in [6.07, 6.45) is 0. The van der Waals surface area contributed by atoms with Crippen LogP contribution in [-0.2, 0) is 0 Å². The van der Waals surface area contributed by atoms with Crippen molar-refractivity contribution in [1.82, 2.24) is 5.32 Å². The topological polar surface area (TPSA) is 50.4 Å². The molecule has 6 heteroatoms. The molecule has 2 rings (SSSR count). The van der Waals surface area contributed by atoms with E-state index in [0.29, 0.717) is 10.7 Å². The average molecular weight is 309 g/mol. The minimum absolute atomic E-state index is 0.164. The highest BCUT2D eigenvalue weighted by atomic mass is 35.5. The number of rotatable bonds is 5. The summed E-state index contributed by atoms with van der Waals surface area (Å²) in [6, 6.07) is 12.5. The van der Waals surface area contributed by atoms with E-state index in [2.05, 4.69) is 10.6 Å². The van der Waals surface area contributed by atoms with Crippen molar-refractivity contribution >= 4 is 23.3 Å². The maximum Gasteiger partial charge on any atom is 0.319 e. The molecule has 0 bridgehead atoms. The Hall–Kier alpha value is -2.27. The summed E-state index contributed by atoms with van der Waals surface area (Å²) in [7, 11) is 0. The highest BCUT2D eigenvalue weighted by Gasteiger charge is 2.03. The maximum atomic E-state index is 13.3. The van der Waals surface area contributed by atoms with Crippen molar-refractivity contribution in [2.75, 3.05) is 18.5 Å². The van der Waals surface area contributed by atoms with E-state index in [4.69, 9.17) is 16.3 Å².